The van der Waals surface area contributed by atoms with Gasteiger partial charge in [-0.1, -0.05) is 24.3 Å². The second-order valence-corrected chi connectivity index (χ2v) is 6.20. The van der Waals surface area contributed by atoms with Crippen molar-refractivity contribution < 1.29 is 9.50 Å². The van der Waals surface area contributed by atoms with Gasteiger partial charge in [-0.15, -0.1) is 0 Å². The Morgan fingerprint density at radius 2 is 1.65 bits per heavy atom. The lowest BCUT2D eigenvalue weighted by atomic mass is 9.76. The number of benzene rings is 2. The molecule has 0 spiro atoms. The predicted molar refractivity (Wildman–Crippen MR) is 87.1 cm³/mol. The van der Waals surface area contributed by atoms with Crippen molar-refractivity contribution >= 4 is 22.6 Å². The third-order valence-electron chi connectivity index (χ3n) is 3.61. The molecule has 0 radical (unpaired) electrons. The average molecular weight is 385 g/mol. The smallest absolute Gasteiger partial charge is 0.123 e. The fourth-order valence-corrected chi connectivity index (χ4v) is 2.66. The molecule has 1 atom stereocenters. The van der Waals surface area contributed by atoms with Gasteiger partial charge in [-0.3, -0.25) is 0 Å². The molecule has 4 heteroatoms. The van der Waals surface area contributed by atoms with Crippen LogP contribution in [-0.2, 0) is 11.8 Å². The molecule has 2 aromatic carbocycles. The van der Waals surface area contributed by atoms with E-state index >= 15 is 0 Å². The van der Waals surface area contributed by atoms with E-state index in [9.17, 15) is 9.50 Å². The largest absolute Gasteiger partial charge is 0.395 e. The number of aliphatic hydroxyl groups is 1. The Labute approximate surface area is 132 Å². The summed E-state index contributed by atoms with van der Waals surface area (Å²) in [4.78, 5) is 0. The lowest BCUT2D eigenvalue weighted by molar-refractivity contribution is 0.196. The summed E-state index contributed by atoms with van der Waals surface area (Å²) in [5, 5.41) is 9.84. The summed E-state index contributed by atoms with van der Waals surface area (Å²) in [5.41, 5.74) is 7.31. The van der Waals surface area contributed by atoms with Crippen molar-refractivity contribution in [1.82, 2.24) is 0 Å². The van der Waals surface area contributed by atoms with Crippen molar-refractivity contribution in [2.24, 2.45) is 5.73 Å². The van der Waals surface area contributed by atoms with Crippen LogP contribution in [0.4, 0.5) is 4.39 Å². The van der Waals surface area contributed by atoms with Crippen LogP contribution >= 0.6 is 22.6 Å². The van der Waals surface area contributed by atoms with E-state index in [2.05, 4.69) is 22.6 Å². The van der Waals surface area contributed by atoms with Gasteiger partial charge < -0.3 is 10.8 Å². The SMILES string of the molecule is NCC(CO)(Cc1ccc(I)cc1)c1ccc(F)cc1. The first-order chi connectivity index (χ1) is 9.59. The van der Waals surface area contributed by atoms with Gasteiger partial charge in [0, 0.05) is 15.5 Å². The van der Waals surface area contributed by atoms with Crippen molar-refractivity contribution in [3.8, 4) is 0 Å². The molecule has 0 saturated heterocycles. The number of halogens is 2. The summed E-state index contributed by atoms with van der Waals surface area (Å²) in [5.74, 6) is -0.285. The standard InChI is InChI=1S/C16H17FINO/c17-14-5-3-13(4-6-14)16(10-19,11-20)9-12-1-7-15(18)8-2-12/h1-8,20H,9-11,19H2. The maximum Gasteiger partial charge on any atom is 0.123 e. The van der Waals surface area contributed by atoms with Gasteiger partial charge >= 0.3 is 0 Å². The first-order valence-electron chi connectivity index (χ1n) is 6.41. The number of aliphatic hydroxyl groups excluding tert-OH is 1. The summed E-state index contributed by atoms with van der Waals surface area (Å²) in [6, 6.07) is 14.3. The van der Waals surface area contributed by atoms with E-state index in [1.165, 1.54) is 12.1 Å². The van der Waals surface area contributed by atoms with Crippen LogP contribution in [0.2, 0.25) is 0 Å². The maximum absolute atomic E-state index is 13.1. The Morgan fingerprint density at radius 1 is 1.05 bits per heavy atom. The highest BCUT2D eigenvalue weighted by Gasteiger charge is 2.30. The van der Waals surface area contributed by atoms with Crippen molar-refractivity contribution in [2.45, 2.75) is 11.8 Å². The molecule has 1 unspecified atom stereocenters. The number of nitrogens with two attached hydrogens (primary N) is 1. The van der Waals surface area contributed by atoms with Gasteiger partial charge in [0.1, 0.15) is 5.82 Å². The van der Waals surface area contributed by atoms with E-state index in [1.54, 1.807) is 12.1 Å². The van der Waals surface area contributed by atoms with E-state index in [4.69, 9.17) is 5.73 Å². The first-order valence-corrected chi connectivity index (χ1v) is 7.49. The fourth-order valence-electron chi connectivity index (χ4n) is 2.30. The van der Waals surface area contributed by atoms with Crippen molar-refractivity contribution in [3.05, 3.63) is 69.0 Å². The molecule has 2 rings (SSSR count). The molecule has 0 aliphatic carbocycles. The quantitative estimate of drug-likeness (QED) is 0.778. The number of hydrogen-bond donors (Lipinski definition) is 2. The molecule has 106 valence electrons. The van der Waals surface area contributed by atoms with Crippen LogP contribution in [0.1, 0.15) is 11.1 Å². The Balaban J connectivity index is 2.33. The van der Waals surface area contributed by atoms with Crippen LogP contribution in [-0.4, -0.2) is 18.3 Å². The fraction of sp³-hybridized carbons (Fsp3) is 0.250. The van der Waals surface area contributed by atoms with Gasteiger partial charge in [-0.25, -0.2) is 4.39 Å². The lowest BCUT2D eigenvalue weighted by Gasteiger charge is -2.31. The van der Waals surface area contributed by atoms with Crippen LogP contribution in [0.3, 0.4) is 0 Å². The molecule has 2 aromatic rings. The van der Waals surface area contributed by atoms with E-state index in [0.717, 1.165) is 14.7 Å². The second-order valence-electron chi connectivity index (χ2n) is 4.95. The Morgan fingerprint density at radius 3 is 2.15 bits per heavy atom. The summed E-state index contributed by atoms with van der Waals surface area (Å²) in [6.07, 6.45) is 0.628. The highest BCUT2D eigenvalue weighted by atomic mass is 127. The minimum Gasteiger partial charge on any atom is -0.395 e. The van der Waals surface area contributed by atoms with Crippen molar-refractivity contribution in [1.29, 1.82) is 0 Å². The maximum atomic E-state index is 13.1. The Kier molecular flexibility index (Phi) is 5.12. The highest BCUT2D eigenvalue weighted by molar-refractivity contribution is 14.1. The van der Waals surface area contributed by atoms with E-state index in [-0.39, 0.29) is 12.4 Å². The first kappa shape index (κ1) is 15.4. The molecule has 0 heterocycles. The minimum absolute atomic E-state index is 0.0683. The molecule has 0 saturated carbocycles. The van der Waals surface area contributed by atoms with Gasteiger partial charge in [0.05, 0.1) is 6.61 Å². The molecule has 0 amide bonds. The zero-order valence-corrected chi connectivity index (χ0v) is 13.2. The summed E-state index contributed by atoms with van der Waals surface area (Å²) in [6.45, 7) is 0.238. The molecule has 0 aliphatic heterocycles. The van der Waals surface area contributed by atoms with Gasteiger partial charge in [0.15, 0.2) is 0 Å². The van der Waals surface area contributed by atoms with Crippen LogP contribution in [0, 0.1) is 9.39 Å². The van der Waals surface area contributed by atoms with Crippen LogP contribution in [0.15, 0.2) is 48.5 Å². The predicted octanol–water partition coefficient (Wildman–Crippen LogP) is 2.86. The van der Waals surface area contributed by atoms with Gasteiger partial charge in [-0.05, 0) is 64.4 Å². The van der Waals surface area contributed by atoms with Crippen molar-refractivity contribution in [2.75, 3.05) is 13.2 Å². The zero-order chi connectivity index (χ0) is 14.6. The topological polar surface area (TPSA) is 46.2 Å². The Hall–Kier alpha value is -0.980. The van der Waals surface area contributed by atoms with E-state index in [1.807, 2.05) is 24.3 Å². The molecule has 3 N–H and O–H groups in total. The number of hydrogen-bond acceptors (Lipinski definition) is 2. The molecular formula is C16H17FINO. The Bertz CT molecular complexity index is 550. The van der Waals surface area contributed by atoms with Crippen molar-refractivity contribution in [3.63, 3.8) is 0 Å². The normalized spacial score (nSPS) is 14.0. The molecule has 0 aromatic heterocycles. The molecular weight excluding hydrogens is 368 g/mol. The summed E-state index contributed by atoms with van der Waals surface area (Å²) >= 11 is 2.25. The molecule has 0 bridgehead atoms. The minimum atomic E-state index is -0.569. The van der Waals surface area contributed by atoms with E-state index in [0.29, 0.717) is 13.0 Å². The summed E-state index contributed by atoms with van der Waals surface area (Å²) in [7, 11) is 0. The number of rotatable bonds is 5. The van der Waals surface area contributed by atoms with E-state index < -0.39 is 5.41 Å². The van der Waals surface area contributed by atoms with Gasteiger partial charge in [0.25, 0.3) is 0 Å². The monoisotopic (exact) mass is 385 g/mol. The zero-order valence-electron chi connectivity index (χ0n) is 11.0. The molecule has 0 aliphatic rings. The average Bonchev–Trinajstić information content (AvgIpc) is 2.48. The molecule has 2 nitrogen and oxygen atoms in total. The highest BCUT2D eigenvalue weighted by Crippen LogP contribution is 2.28. The van der Waals surface area contributed by atoms with Gasteiger partial charge in [-0.2, -0.15) is 0 Å². The second kappa shape index (κ2) is 6.65. The van der Waals surface area contributed by atoms with Crippen LogP contribution in [0.25, 0.3) is 0 Å². The molecule has 20 heavy (non-hydrogen) atoms. The van der Waals surface area contributed by atoms with Crippen LogP contribution < -0.4 is 5.73 Å². The molecule has 0 fully saturated rings. The third-order valence-corrected chi connectivity index (χ3v) is 4.32. The summed E-state index contributed by atoms with van der Waals surface area (Å²) < 4.78 is 14.2. The van der Waals surface area contributed by atoms with Crippen LogP contribution in [0.5, 0.6) is 0 Å². The van der Waals surface area contributed by atoms with Gasteiger partial charge in [0.2, 0.25) is 0 Å². The third kappa shape index (κ3) is 3.37. The lowest BCUT2D eigenvalue weighted by Crippen LogP contribution is -2.41.